The van der Waals surface area contributed by atoms with Crippen LogP contribution in [-0.4, -0.2) is 11.1 Å². The van der Waals surface area contributed by atoms with Gasteiger partial charge in [0.25, 0.3) is 0 Å². The quantitative estimate of drug-likeness (QED) is 0.290. The number of hydrogen-bond acceptors (Lipinski definition) is 4. The first-order valence-electron chi connectivity index (χ1n) is 11.5. The van der Waals surface area contributed by atoms with Crippen molar-refractivity contribution >= 4 is 28.5 Å². The molecule has 3 nitrogen and oxygen atoms in total. The van der Waals surface area contributed by atoms with E-state index in [1.165, 1.54) is 17.3 Å². The summed E-state index contributed by atoms with van der Waals surface area (Å²) in [5.74, 6) is 0.238. The zero-order valence-corrected chi connectivity index (χ0v) is 19.6. The molecule has 170 valence electrons. The number of fused-ring (bicyclic) bond motifs is 1. The highest BCUT2D eigenvalue weighted by molar-refractivity contribution is 8.03. The Bertz CT molecular complexity index is 1330. The molecule has 0 spiro atoms. The van der Waals surface area contributed by atoms with Crippen LogP contribution in [-0.2, 0) is 27.3 Å². The van der Waals surface area contributed by atoms with Crippen LogP contribution in [0.3, 0.4) is 0 Å². The summed E-state index contributed by atoms with van der Waals surface area (Å²) < 4.78 is 6.16. The predicted octanol–water partition coefficient (Wildman–Crippen LogP) is 7.32. The molecule has 0 radical (unpaired) electrons. The van der Waals surface area contributed by atoms with Gasteiger partial charge in [0.2, 0.25) is 0 Å². The van der Waals surface area contributed by atoms with Crippen LogP contribution in [0.25, 0.3) is 10.8 Å². The maximum absolute atomic E-state index is 13.2. The molecule has 0 amide bonds. The van der Waals surface area contributed by atoms with Gasteiger partial charge >= 0.3 is 5.97 Å². The lowest BCUT2D eigenvalue weighted by molar-refractivity contribution is -0.160. The van der Waals surface area contributed by atoms with E-state index in [2.05, 4.69) is 36.4 Å². The normalized spacial score (nSPS) is 18.2. The van der Waals surface area contributed by atoms with E-state index in [0.29, 0.717) is 17.1 Å². The Labute approximate surface area is 204 Å². The smallest absolute Gasteiger partial charge is 0.348 e. The number of carbonyl (C=O) groups excluding carboxylic acids is 1. The summed E-state index contributed by atoms with van der Waals surface area (Å²) >= 11 is 1.35. The van der Waals surface area contributed by atoms with E-state index >= 15 is 0 Å². The molecule has 4 aromatic rings. The monoisotopic (exact) mass is 466 g/mol. The number of carbonyl (C=O) groups is 1. The molecule has 0 aliphatic carbocycles. The predicted molar refractivity (Wildman–Crippen MR) is 138 cm³/mol. The van der Waals surface area contributed by atoms with Crippen molar-refractivity contribution in [2.45, 2.75) is 30.6 Å². The summed E-state index contributed by atoms with van der Waals surface area (Å²) in [5, 5.41) is 13.4. The molecule has 1 heterocycles. The Morgan fingerprint density at radius 2 is 1.50 bits per heavy atom. The molecule has 0 bridgehead atoms. The number of hydrogen-bond donors (Lipinski definition) is 1. The van der Waals surface area contributed by atoms with Crippen LogP contribution in [0.5, 0.6) is 0 Å². The van der Waals surface area contributed by atoms with E-state index < -0.39 is 11.6 Å². The van der Waals surface area contributed by atoms with Gasteiger partial charge in [-0.3, -0.25) is 0 Å². The molecule has 1 unspecified atom stereocenters. The van der Waals surface area contributed by atoms with Gasteiger partial charge < -0.3 is 9.84 Å². The van der Waals surface area contributed by atoms with Crippen LogP contribution >= 0.6 is 11.8 Å². The van der Waals surface area contributed by atoms with E-state index in [-0.39, 0.29) is 12.2 Å². The lowest BCUT2D eigenvalue weighted by Crippen LogP contribution is -2.38. The number of rotatable bonds is 7. The van der Waals surface area contributed by atoms with E-state index in [4.69, 9.17) is 4.74 Å². The first kappa shape index (κ1) is 22.3. The topological polar surface area (TPSA) is 46.5 Å². The second-order valence-corrected chi connectivity index (χ2v) is 9.60. The Balaban J connectivity index is 1.41. The van der Waals surface area contributed by atoms with Gasteiger partial charge in [-0.2, -0.15) is 0 Å². The van der Waals surface area contributed by atoms with E-state index in [0.717, 1.165) is 28.3 Å². The van der Waals surface area contributed by atoms with Gasteiger partial charge in [0, 0.05) is 5.75 Å². The summed E-state index contributed by atoms with van der Waals surface area (Å²) in [6.45, 7) is 0. The summed E-state index contributed by atoms with van der Waals surface area (Å²) in [7, 11) is 0. The Hall–Kier alpha value is -3.50. The highest BCUT2D eigenvalue weighted by Gasteiger charge is 2.43. The molecule has 4 heteroatoms. The molecule has 0 saturated heterocycles. The third-order valence-corrected chi connectivity index (χ3v) is 7.55. The first-order valence-corrected chi connectivity index (χ1v) is 12.5. The minimum atomic E-state index is -0.887. The average molecular weight is 467 g/mol. The van der Waals surface area contributed by atoms with Crippen LogP contribution in [0.4, 0.5) is 0 Å². The van der Waals surface area contributed by atoms with E-state index in [1.54, 1.807) is 0 Å². The molecule has 0 saturated carbocycles. The molecule has 1 N–H and O–H groups in total. The first-order chi connectivity index (χ1) is 16.6. The van der Waals surface area contributed by atoms with Crippen LogP contribution < -0.4 is 0 Å². The fourth-order valence-corrected chi connectivity index (χ4v) is 5.57. The number of aliphatic hydroxyl groups excluding tert-OH is 1. The molecule has 34 heavy (non-hydrogen) atoms. The molecule has 0 aromatic heterocycles. The van der Waals surface area contributed by atoms with Crippen molar-refractivity contribution in [3.63, 3.8) is 0 Å². The van der Waals surface area contributed by atoms with Gasteiger partial charge in [0.05, 0.1) is 6.42 Å². The number of ether oxygens (including phenoxy) is 1. The standard InChI is InChI=1S/C30H26O3S/c31-27-20-30(25-15-5-2-6-16-25,19-18-22-10-3-1-4-11-22)33-29(32)28(27)34-21-24-14-9-13-23-12-7-8-17-26(23)24/h1-17,31H,18-21H2. The van der Waals surface area contributed by atoms with E-state index in [1.807, 2.05) is 66.7 Å². The summed E-state index contributed by atoms with van der Waals surface area (Å²) in [5.41, 5.74) is 2.32. The van der Waals surface area contributed by atoms with E-state index in [9.17, 15) is 9.90 Å². The summed E-state index contributed by atoms with van der Waals surface area (Å²) in [6.07, 6.45) is 1.61. The fourth-order valence-electron chi connectivity index (χ4n) is 4.62. The molecule has 4 aromatic carbocycles. The van der Waals surface area contributed by atoms with Gasteiger partial charge in [0.1, 0.15) is 16.3 Å². The number of aryl methyl sites for hydroxylation is 1. The number of thioether (sulfide) groups is 1. The van der Waals surface area contributed by atoms with Crippen LogP contribution in [0.1, 0.15) is 29.5 Å². The molecule has 1 aliphatic rings. The Morgan fingerprint density at radius 1 is 0.824 bits per heavy atom. The van der Waals surface area contributed by atoms with Crippen molar-refractivity contribution in [1.82, 2.24) is 0 Å². The minimum absolute atomic E-state index is 0.110. The zero-order valence-electron chi connectivity index (χ0n) is 18.8. The third-order valence-electron chi connectivity index (χ3n) is 6.40. The van der Waals surface area contributed by atoms with Crippen LogP contribution in [0.15, 0.2) is 114 Å². The largest absolute Gasteiger partial charge is 0.511 e. The maximum atomic E-state index is 13.2. The SMILES string of the molecule is O=C1OC(CCc2ccccc2)(c2ccccc2)CC(O)=C1SCc1cccc2ccccc12. The van der Waals surface area contributed by atoms with Crippen molar-refractivity contribution in [1.29, 1.82) is 0 Å². The van der Waals surface area contributed by atoms with Crippen LogP contribution in [0.2, 0.25) is 0 Å². The fraction of sp³-hybridized carbons (Fsp3) is 0.167. The third kappa shape index (κ3) is 4.59. The van der Waals surface area contributed by atoms with Crippen molar-refractivity contribution in [2.75, 3.05) is 0 Å². The number of aliphatic hydroxyl groups is 1. The number of benzene rings is 4. The second-order valence-electron chi connectivity index (χ2n) is 8.61. The zero-order chi connectivity index (χ0) is 23.4. The van der Waals surface area contributed by atoms with Gasteiger partial charge in [-0.25, -0.2) is 4.79 Å². The van der Waals surface area contributed by atoms with Gasteiger partial charge in [-0.1, -0.05) is 103 Å². The second kappa shape index (κ2) is 9.78. The van der Waals surface area contributed by atoms with Gasteiger partial charge in [-0.05, 0) is 40.3 Å². The minimum Gasteiger partial charge on any atom is -0.511 e. The van der Waals surface area contributed by atoms with Crippen LogP contribution in [0, 0.1) is 0 Å². The van der Waals surface area contributed by atoms with Crippen molar-refractivity contribution in [3.05, 3.63) is 130 Å². The average Bonchev–Trinajstić information content (AvgIpc) is 2.88. The van der Waals surface area contributed by atoms with Gasteiger partial charge in [-0.15, -0.1) is 11.8 Å². The summed E-state index contributed by atoms with van der Waals surface area (Å²) in [4.78, 5) is 13.5. The van der Waals surface area contributed by atoms with Gasteiger partial charge in [0.15, 0.2) is 0 Å². The molecular formula is C30H26O3S. The summed E-state index contributed by atoms with van der Waals surface area (Å²) in [6, 6.07) is 34.3. The lowest BCUT2D eigenvalue weighted by Gasteiger charge is -2.37. The van der Waals surface area contributed by atoms with Crippen molar-refractivity contribution in [2.24, 2.45) is 0 Å². The Morgan fingerprint density at radius 3 is 2.26 bits per heavy atom. The molecule has 5 rings (SSSR count). The molecular weight excluding hydrogens is 440 g/mol. The highest BCUT2D eigenvalue weighted by Crippen LogP contribution is 2.44. The Kier molecular flexibility index (Phi) is 6.41. The molecule has 1 aliphatic heterocycles. The number of cyclic esters (lactones) is 1. The number of esters is 1. The van der Waals surface area contributed by atoms with Crippen molar-refractivity contribution in [3.8, 4) is 0 Å². The highest BCUT2D eigenvalue weighted by atomic mass is 32.2. The lowest BCUT2D eigenvalue weighted by atomic mass is 9.82. The van der Waals surface area contributed by atoms with Crippen molar-refractivity contribution < 1.29 is 14.6 Å². The molecule has 1 atom stereocenters. The molecule has 0 fully saturated rings. The maximum Gasteiger partial charge on any atom is 0.348 e.